The van der Waals surface area contributed by atoms with Gasteiger partial charge in [-0.25, -0.2) is 9.59 Å². The fourth-order valence-corrected chi connectivity index (χ4v) is 2.19. The second-order valence-electron chi connectivity index (χ2n) is 5.36. The summed E-state index contributed by atoms with van der Waals surface area (Å²) < 4.78 is 10.3. The minimum atomic E-state index is -0.619. The largest absolute Gasteiger partial charge is 0.467 e. The van der Waals surface area contributed by atoms with Crippen LogP contribution in [0.4, 0.5) is 4.79 Å². The molecule has 1 rings (SSSR count). The van der Waals surface area contributed by atoms with Gasteiger partial charge < -0.3 is 19.7 Å². The van der Waals surface area contributed by atoms with Crippen LogP contribution in [0.5, 0.6) is 0 Å². The van der Waals surface area contributed by atoms with Gasteiger partial charge in [-0.1, -0.05) is 13.8 Å². The molecule has 0 saturated carbocycles. The van der Waals surface area contributed by atoms with Crippen LogP contribution in [-0.4, -0.2) is 55.3 Å². The van der Waals surface area contributed by atoms with Crippen LogP contribution in [0.15, 0.2) is 0 Å². The molecule has 2 amide bonds. The molecule has 1 fully saturated rings. The van der Waals surface area contributed by atoms with E-state index in [0.717, 1.165) is 0 Å². The summed E-state index contributed by atoms with van der Waals surface area (Å²) in [7, 11) is 1.32. The first kappa shape index (κ1) is 15.8. The van der Waals surface area contributed by atoms with Gasteiger partial charge in [-0.3, -0.25) is 0 Å². The maximum absolute atomic E-state index is 12.2. The Bertz CT molecular complexity index is 323. The summed E-state index contributed by atoms with van der Waals surface area (Å²) in [6, 6.07) is -0.864. The van der Waals surface area contributed by atoms with Gasteiger partial charge >= 0.3 is 12.0 Å². The van der Waals surface area contributed by atoms with Gasteiger partial charge in [-0.15, -0.1) is 0 Å². The topological polar surface area (TPSA) is 67.9 Å². The van der Waals surface area contributed by atoms with Crippen molar-refractivity contribution in [1.29, 1.82) is 0 Å². The Balaban J connectivity index is 2.63. The molecule has 0 aromatic rings. The number of carbonyl (C=O) groups is 2. The van der Waals surface area contributed by atoms with Crippen molar-refractivity contribution in [2.75, 3.05) is 20.2 Å². The van der Waals surface area contributed by atoms with Crippen LogP contribution in [0.1, 0.15) is 27.7 Å². The number of esters is 1. The molecule has 1 aliphatic rings. The summed E-state index contributed by atoms with van der Waals surface area (Å²) in [6.45, 7) is 8.65. The lowest BCUT2D eigenvalue weighted by Crippen LogP contribution is -2.55. The number of amides is 2. The van der Waals surface area contributed by atoms with E-state index in [1.807, 2.05) is 27.7 Å². The maximum atomic E-state index is 12.2. The molecule has 0 aromatic carbocycles. The van der Waals surface area contributed by atoms with E-state index < -0.39 is 12.0 Å². The third-order valence-corrected chi connectivity index (χ3v) is 3.11. The van der Waals surface area contributed by atoms with Gasteiger partial charge in [0.15, 0.2) is 0 Å². The highest BCUT2D eigenvalue weighted by Crippen LogP contribution is 2.12. The van der Waals surface area contributed by atoms with Crippen LogP contribution in [0, 0.1) is 5.92 Å². The van der Waals surface area contributed by atoms with Crippen LogP contribution in [0.25, 0.3) is 0 Å². The summed E-state index contributed by atoms with van der Waals surface area (Å²) in [6.07, 6.45) is 0.00949. The lowest BCUT2D eigenvalue weighted by Gasteiger charge is -2.36. The molecule has 1 N–H and O–H groups in total. The highest BCUT2D eigenvalue weighted by Gasteiger charge is 2.30. The van der Waals surface area contributed by atoms with Crippen molar-refractivity contribution < 1.29 is 19.1 Å². The number of methoxy groups -OCH3 is 1. The third-order valence-electron chi connectivity index (χ3n) is 3.11. The summed E-state index contributed by atoms with van der Waals surface area (Å²) >= 11 is 0. The number of carbonyl (C=O) groups excluding carboxylic acids is 2. The van der Waals surface area contributed by atoms with E-state index in [1.54, 1.807) is 4.90 Å². The van der Waals surface area contributed by atoms with Crippen LogP contribution < -0.4 is 5.32 Å². The van der Waals surface area contributed by atoms with Gasteiger partial charge in [0.25, 0.3) is 0 Å². The number of nitrogens with one attached hydrogen (secondary N) is 1. The molecule has 3 unspecified atom stereocenters. The molecule has 0 aliphatic carbocycles. The van der Waals surface area contributed by atoms with Crippen LogP contribution in [0.3, 0.4) is 0 Å². The lowest BCUT2D eigenvalue weighted by molar-refractivity contribution is -0.144. The molecule has 0 radical (unpaired) electrons. The normalized spacial score (nSPS) is 25.1. The van der Waals surface area contributed by atoms with Crippen molar-refractivity contribution in [1.82, 2.24) is 10.2 Å². The Morgan fingerprint density at radius 3 is 2.21 bits per heavy atom. The molecule has 1 aliphatic heterocycles. The van der Waals surface area contributed by atoms with Crippen LogP contribution >= 0.6 is 0 Å². The fourth-order valence-electron chi connectivity index (χ4n) is 2.19. The Labute approximate surface area is 114 Å². The van der Waals surface area contributed by atoms with Crippen molar-refractivity contribution in [3.8, 4) is 0 Å². The number of morpholine rings is 1. The maximum Gasteiger partial charge on any atom is 0.328 e. The SMILES string of the molecule is COC(=O)C(NC(=O)N1CC(C)OC(C)C1)C(C)C. The highest BCUT2D eigenvalue weighted by molar-refractivity contribution is 5.83. The van der Waals surface area contributed by atoms with E-state index >= 15 is 0 Å². The molecular formula is C13H24N2O4. The zero-order chi connectivity index (χ0) is 14.6. The van der Waals surface area contributed by atoms with Gasteiger partial charge in [0.1, 0.15) is 6.04 Å². The Kier molecular flexibility index (Phi) is 5.60. The molecule has 0 bridgehead atoms. The summed E-state index contributed by atoms with van der Waals surface area (Å²) in [4.78, 5) is 25.5. The second kappa shape index (κ2) is 6.75. The van der Waals surface area contributed by atoms with Crippen molar-refractivity contribution >= 4 is 12.0 Å². The van der Waals surface area contributed by atoms with Gasteiger partial charge in [-0.05, 0) is 19.8 Å². The van der Waals surface area contributed by atoms with E-state index in [0.29, 0.717) is 13.1 Å². The second-order valence-corrected chi connectivity index (χ2v) is 5.36. The van der Waals surface area contributed by atoms with E-state index in [1.165, 1.54) is 7.11 Å². The van der Waals surface area contributed by atoms with E-state index in [-0.39, 0.29) is 24.2 Å². The van der Waals surface area contributed by atoms with Crippen LogP contribution in [0.2, 0.25) is 0 Å². The standard InChI is InChI=1S/C13H24N2O4/c1-8(2)11(12(16)18-5)14-13(17)15-6-9(3)19-10(4)7-15/h8-11H,6-7H2,1-5H3,(H,14,17). The van der Waals surface area contributed by atoms with Gasteiger partial charge in [0.05, 0.1) is 19.3 Å². The number of urea groups is 1. The molecule has 3 atom stereocenters. The zero-order valence-corrected chi connectivity index (χ0v) is 12.3. The smallest absolute Gasteiger partial charge is 0.328 e. The number of hydrogen-bond donors (Lipinski definition) is 1. The minimum absolute atomic E-state index is 0.00475. The van der Waals surface area contributed by atoms with Crippen LogP contribution in [-0.2, 0) is 14.3 Å². The lowest BCUT2D eigenvalue weighted by atomic mass is 10.1. The fraction of sp³-hybridized carbons (Fsp3) is 0.846. The molecule has 6 heteroatoms. The van der Waals surface area contributed by atoms with E-state index in [2.05, 4.69) is 5.32 Å². The van der Waals surface area contributed by atoms with E-state index in [9.17, 15) is 9.59 Å². The minimum Gasteiger partial charge on any atom is -0.467 e. The summed E-state index contributed by atoms with van der Waals surface area (Å²) in [5.41, 5.74) is 0. The molecule has 1 heterocycles. The Morgan fingerprint density at radius 2 is 1.79 bits per heavy atom. The summed E-state index contributed by atoms with van der Waals surface area (Å²) in [5.74, 6) is -0.440. The van der Waals surface area contributed by atoms with Gasteiger partial charge in [-0.2, -0.15) is 0 Å². The third kappa shape index (κ3) is 4.38. The van der Waals surface area contributed by atoms with E-state index in [4.69, 9.17) is 9.47 Å². The number of hydrogen-bond acceptors (Lipinski definition) is 4. The average molecular weight is 272 g/mol. The molecule has 0 aromatic heterocycles. The zero-order valence-electron chi connectivity index (χ0n) is 12.3. The molecule has 110 valence electrons. The molecule has 0 spiro atoms. The summed E-state index contributed by atoms with van der Waals surface area (Å²) in [5, 5.41) is 2.73. The molecule has 1 saturated heterocycles. The number of rotatable bonds is 3. The number of nitrogens with zero attached hydrogens (tertiary/aromatic N) is 1. The molecule has 19 heavy (non-hydrogen) atoms. The van der Waals surface area contributed by atoms with Crippen molar-refractivity contribution in [3.63, 3.8) is 0 Å². The van der Waals surface area contributed by atoms with Crippen molar-refractivity contribution in [2.24, 2.45) is 5.92 Å². The highest BCUT2D eigenvalue weighted by atomic mass is 16.5. The Hall–Kier alpha value is -1.30. The predicted octanol–water partition coefficient (Wildman–Crippen LogP) is 1.00. The first-order valence-corrected chi connectivity index (χ1v) is 6.63. The molecule has 6 nitrogen and oxygen atoms in total. The Morgan fingerprint density at radius 1 is 1.26 bits per heavy atom. The first-order chi connectivity index (χ1) is 8.85. The van der Waals surface area contributed by atoms with Gasteiger partial charge in [0.2, 0.25) is 0 Å². The number of ether oxygens (including phenoxy) is 2. The predicted molar refractivity (Wildman–Crippen MR) is 70.8 cm³/mol. The first-order valence-electron chi connectivity index (χ1n) is 6.63. The monoisotopic (exact) mass is 272 g/mol. The van der Waals surface area contributed by atoms with Gasteiger partial charge in [0, 0.05) is 13.1 Å². The van der Waals surface area contributed by atoms with Crippen molar-refractivity contribution in [2.45, 2.75) is 45.9 Å². The quantitative estimate of drug-likeness (QED) is 0.778. The average Bonchev–Trinajstić information content (AvgIpc) is 2.33. The molecular weight excluding hydrogens is 248 g/mol. The van der Waals surface area contributed by atoms with Crippen molar-refractivity contribution in [3.05, 3.63) is 0 Å².